The fraction of sp³-hybridized carbons (Fsp3) is 1.00. The highest BCUT2D eigenvalue weighted by atomic mass is 14.6. The Labute approximate surface area is 120 Å². The van der Waals surface area contributed by atoms with Crippen LogP contribution in [-0.2, 0) is 0 Å². The highest BCUT2D eigenvalue weighted by molar-refractivity contribution is 5.09. The van der Waals surface area contributed by atoms with Crippen LogP contribution in [0.2, 0.25) is 0 Å². The summed E-state index contributed by atoms with van der Waals surface area (Å²) in [6, 6.07) is 0. The molecular formula is C19H34. The van der Waals surface area contributed by atoms with Gasteiger partial charge in [0.15, 0.2) is 0 Å². The standard InChI is InChI=1S/C19H34/c1-16(2)9-8-12-19(13-16)14-17(3)10-6-5-7-11-18(17,4)15-19/h5-15H2,1-4H3. The lowest BCUT2D eigenvalue weighted by Gasteiger charge is -2.44. The Balaban J connectivity index is 1.88. The maximum atomic E-state index is 2.65. The fourth-order valence-corrected chi connectivity index (χ4v) is 6.57. The van der Waals surface area contributed by atoms with Gasteiger partial charge in [0.2, 0.25) is 0 Å². The molecule has 2 unspecified atom stereocenters. The molecule has 110 valence electrons. The SMILES string of the molecule is CC1(C)CCCC2(C1)CC1(C)CCCCCC1(C)C2. The fourth-order valence-electron chi connectivity index (χ4n) is 6.57. The minimum absolute atomic E-state index is 0.606. The van der Waals surface area contributed by atoms with Gasteiger partial charge in [-0.15, -0.1) is 0 Å². The first kappa shape index (κ1) is 14.0. The van der Waals surface area contributed by atoms with Gasteiger partial charge in [0.05, 0.1) is 0 Å². The van der Waals surface area contributed by atoms with Crippen molar-refractivity contribution in [3.05, 3.63) is 0 Å². The van der Waals surface area contributed by atoms with Gasteiger partial charge in [0, 0.05) is 0 Å². The van der Waals surface area contributed by atoms with Crippen molar-refractivity contribution in [2.45, 2.75) is 98.3 Å². The molecule has 0 aliphatic heterocycles. The quantitative estimate of drug-likeness (QED) is 0.477. The average Bonchev–Trinajstić information content (AvgIpc) is 2.36. The van der Waals surface area contributed by atoms with Gasteiger partial charge in [0.1, 0.15) is 0 Å². The van der Waals surface area contributed by atoms with Crippen molar-refractivity contribution in [2.75, 3.05) is 0 Å². The topological polar surface area (TPSA) is 0 Å². The van der Waals surface area contributed by atoms with Crippen LogP contribution in [0, 0.1) is 21.7 Å². The van der Waals surface area contributed by atoms with Gasteiger partial charge in [-0.25, -0.2) is 0 Å². The molecular weight excluding hydrogens is 228 g/mol. The second-order valence-electron chi connectivity index (χ2n) is 9.73. The summed E-state index contributed by atoms with van der Waals surface area (Å²) < 4.78 is 0. The summed E-state index contributed by atoms with van der Waals surface area (Å²) in [5.41, 5.74) is 2.62. The van der Waals surface area contributed by atoms with E-state index in [1.807, 2.05) is 0 Å². The van der Waals surface area contributed by atoms with E-state index in [1.165, 1.54) is 57.8 Å². The zero-order valence-corrected chi connectivity index (χ0v) is 13.8. The van der Waals surface area contributed by atoms with Crippen LogP contribution in [0.4, 0.5) is 0 Å². The van der Waals surface area contributed by atoms with Crippen LogP contribution in [0.1, 0.15) is 98.3 Å². The smallest absolute Gasteiger partial charge is 0.0266 e. The van der Waals surface area contributed by atoms with Crippen LogP contribution < -0.4 is 0 Å². The van der Waals surface area contributed by atoms with Crippen LogP contribution in [0.5, 0.6) is 0 Å². The van der Waals surface area contributed by atoms with Gasteiger partial charge in [-0.1, -0.05) is 53.4 Å². The average molecular weight is 262 g/mol. The zero-order chi connectivity index (χ0) is 13.8. The number of hydrogen-bond acceptors (Lipinski definition) is 0. The molecule has 0 aromatic heterocycles. The second-order valence-corrected chi connectivity index (χ2v) is 9.73. The van der Waals surface area contributed by atoms with Crippen molar-refractivity contribution in [1.29, 1.82) is 0 Å². The van der Waals surface area contributed by atoms with Crippen LogP contribution in [-0.4, -0.2) is 0 Å². The molecule has 3 saturated carbocycles. The van der Waals surface area contributed by atoms with Gasteiger partial charge in [-0.2, -0.15) is 0 Å². The third-order valence-electron chi connectivity index (χ3n) is 7.36. The van der Waals surface area contributed by atoms with Crippen LogP contribution >= 0.6 is 0 Å². The molecule has 0 bridgehead atoms. The van der Waals surface area contributed by atoms with Crippen molar-refractivity contribution in [3.63, 3.8) is 0 Å². The van der Waals surface area contributed by atoms with Crippen LogP contribution in [0.25, 0.3) is 0 Å². The Hall–Kier alpha value is 0. The Kier molecular flexibility index (Phi) is 3.12. The largest absolute Gasteiger partial charge is 0.0599 e. The highest BCUT2D eigenvalue weighted by Crippen LogP contribution is 2.70. The molecule has 19 heavy (non-hydrogen) atoms. The molecule has 3 aliphatic rings. The van der Waals surface area contributed by atoms with Crippen molar-refractivity contribution >= 4 is 0 Å². The van der Waals surface area contributed by atoms with E-state index in [-0.39, 0.29) is 0 Å². The molecule has 0 amide bonds. The van der Waals surface area contributed by atoms with Gasteiger partial charge in [0.25, 0.3) is 0 Å². The Bertz CT molecular complexity index is 333. The first-order valence-corrected chi connectivity index (χ1v) is 8.79. The first-order valence-electron chi connectivity index (χ1n) is 8.79. The normalized spacial score (nSPS) is 49.9. The van der Waals surface area contributed by atoms with Crippen molar-refractivity contribution in [1.82, 2.24) is 0 Å². The summed E-state index contributed by atoms with van der Waals surface area (Å²) in [6.45, 7) is 10.3. The molecule has 0 saturated heterocycles. The van der Waals surface area contributed by atoms with E-state index < -0.39 is 0 Å². The summed E-state index contributed by atoms with van der Waals surface area (Å²) in [5, 5.41) is 0. The maximum Gasteiger partial charge on any atom is -0.0266 e. The molecule has 3 aliphatic carbocycles. The lowest BCUT2D eigenvalue weighted by atomic mass is 9.61. The van der Waals surface area contributed by atoms with E-state index in [9.17, 15) is 0 Å². The molecule has 2 atom stereocenters. The molecule has 0 radical (unpaired) electrons. The Morgan fingerprint density at radius 3 is 1.63 bits per heavy atom. The monoisotopic (exact) mass is 262 g/mol. The van der Waals surface area contributed by atoms with E-state index in [0.29, 0.717) is 21.7 Å². The van der Waals surface area contributed by atoms with E-state index in [4.69, 9.17) is 0 Å². The molecule has 0 aromatic rings. The maximum absolute atomic E-state index is 2.65. The molecule has 0 N–H and O–H groups in total. The number of hydrogen-bond donors (Lipinski definition) is 0. The predicted octanol–water partition coefficient (Wildman–Crippen LogP) is 6.34. The van der Waals surface area contributed by atoms with Crippen LogP contribution in [0.3, 0.4) is 0 Å². The van der Waals surface area contributed by atoms with Gasteiger partial charge in [-0.05, 0) is 66.6 Å². The lowest BCUT2D eigenvalue weighted by molar-refractivity contribution is 0.0744. The van der Waals surface area contributed by atoms with Gasteiger partial charge in [-0.3, -0.25) is 0 Å². The van der Waals surface area contributed by atoms with Crippen LogP contribution in [0.15, 0.2) is 0 Å². The zero-order valence-electron chi connectivity index (χ0n) is 13.8. The molecule has 0 nitrogen and oxygen atoms in total. The van der Waals surface area contributed by atoms with Gasteiger partial charge >= 0.3 is 0 Å². The summed E-state index contributed by atoms with van der Waals surface area (Å²) in [7, 11) is 0. The minimum atomic E-state index is 0.606. The molecule has 0 heterocycles. The Morgan fingerprint density at radius 2 is 1.11 bits per heavy atom. The molecule has 0 heteroatoms. The molecule has 3 rings (SSSR count). The van der Waals surface area contributed by atoms with Crippen molar-refractivity contribution < 1.29 is 0 Å². The third-order valence-corrected chi connectivity index (χ3v) is 7.36. The highest BCUT2D eigenvalue weighted by Gasteiger charge is 2.59. The summed E-state index contributed by atoms with van der Waals surface area (Å²) in [6.07, 6.45) is 16.5. The van der Waals surface area contributed by atoms with E-state index in [2.05, 4.69) is 27.7 Å². The number of rotatable bonds is 0. The molecule has 1 spiro atoms. The van der Waals surface area contributed by atoms with Crippen molar-refractivity contribution in [2.24, 2.45) is 21.7 Å². The Morgan fingerprint density at radius 1 is 0.526 bits per heavy atom. The lowest BCUT2D eigenvalue weighted by Crippen LogP contribution is -2.32. The molecule has 3 fully saturated rings. The van der Waals surface area contributed by atoms with E-state index in [1.54, 1.807) is 12.8 Å². The predicted molar refractivity (Wildman–Crippen MR) is 83.2 cm³/mol. The summed E-state index contributed by atoms with van der Waals surface area (Å²) in [5.74, 6) is 0. The second kappa shape index (κ2) is 4.25. The van der Waals surface area contributed by atoms with E-state index in [0.717, 1.165) is 0 Å². The van der Waals surface area contributed by atoms with Crippen molar-refractivity contribution in [3.8, 4) is 0 Å². The van der Waals surface area contributed by atoms with E-state index >= 15 is 0 Å². The minimum Gasteiger partial charge on any atom is -0.0599 e. The first-order chi connectivity index (χ1) is 8.79. The van der Waals surface area contributed by atoms with Gasteiger partial charge < -0.3 is 0 Å². The summed E-state index contributed by atoms with van der Waals surface area (Å²) in [4.78, 5) is 0. The summed E-state index contributed by atoms with van der Waals surface area (Å²) >= 11 is 0. The molecule has 0 aromatic carbocycles. The third kappa shape index (κ3) is 2.28. The number of fused-ring (bicyclic) bond motifs is 1.